The van der Waals surface area contributed by atoms with Gasteiger partial charge in [0.25, 0.3) is 5.91 Å². The standard InChI is InChI=1S/C14H16FN3OS.ClH/c15-11-3-1-2-10(8-11)5-7-17-14(19)12-9-20-13(18-12)4-6-16;/h1-3,8-9H,4-7,16H2,(H,17,19);1H. The van der Waals surface area contributed by atoms with Crippen LogP contribution in [0.4, 0.5) is 4.39 Å². The lowest BCUT2D eigenvalue weighted by atomic mass is 10.1. The summed E-state index contributed by atoms with van der Waals surface area (Å²) in [7, 11) is 0. The van der Waals surface area contributed by atoms with Crippen LogP contribution in [0.1, 0.15) is 21.1 Å². The van der Waals surface area contributed by atoms with E-state index in [9.17, 15) is 9.18 Å². The highest BCUT2D eigenvalue weighted by molar-refractivity contribution is 7.09. The Labute approximate surface area is 133 Å². The lowest BCUT2D eigenvalue weighted by Crippen LogP contribution is -2.26. The molecule has 114 valence electrons. The van der Waals surface area contributed by atoms with Crippen LogP contribution in [-0.4, -0.2) is 24.0 Å². The van der Waals surface area contributed by atoms with Gasteiger partial charge in [0, 0.05) is 18.3 Å². The van der Waals surface area contributed by atoms with Gasteiger partial charge in [-0.3, -0.25) is 4.79 Å². The Hall–Kier alpha value is -1.50. The van der Waals surface area contributed by atoms with E-state index in [2.05, 4.69) is 10.3 Å². The Morgan fingerprint density at radius 3 is 2.90 bits per heavy atom. The van der Waals surface area contributed by atoms with Crippen molar-refractivity contribution in [3.63, 3.8) is 0 Å². The van der Waals surface area contributed by atoms with Crippen molar-refractivity contribution in [1.29, 1.82) is 0 Å². The molecule has 0 atom stereocenters. The van der Waals surface area contributed by atoms with Crippen molar-refractivity contribution < 1.29 is 9.18 Å². The second-order valence-corrected chi connectivity index (χ2v) is 5.24. The molecule has 0 unspecified atom stereocenters. The molecule has 0 radical (unpaired) electrons. The van der Waals surface area contributed by atoms with Gasteiger partial charge in [0.15, 0.2) is 0 Å². The zero-order valence-electron chi connectivity index (χ0n) is 11.3. The molecule has 0 fully saturated rings. The summed E-state index contributed by atoms with van der Waals surface area (Å²) in [6, 6.07) is 6.36. The summed E-state index contributed by atoms with van der Waals surface area (Å²) in [5.74, 6) is -0.472. The Morgan fingerprint density at radius 1 is 1.38 bits per heavy atom. The summed E-state index contributed by atoms with van der Waals surface area (Å²) >= 11 is 1.43. The highest BCUT2D eigenvalue weighted by Gasteiger charge is 2.09. The quantitative estimate of drug-likeness (QED) is 0.853. The van der Waals surface area contributed by atoms with Gasteiger partial charge in [-0.1, -0.05) is 12.1 Å². The van der Waals surface area contributed by atoms with E-state index >= 15 is 0 Å². The molecule has 0 saturated heterocycles. The average molecular weight is 330 g/mol. The number of nitrogens with one attached hydrogen (secondary N) is 1. The Balaban J connectivity index is 0.00000220. The normalized spacial score (nSPS) is 10.0. The van der Waals surface area contributed by atoms with Gasteiger partial charge in [0.1, 0.15) is 11.5 Å². The van der Waals surface area contributed by atoms with Crippen LogP contribution in [0.25, 0.3) is 0 Å². The third kappa shape index (κ3) is 5.41. The molecular weight excluding hydrogens is 313 g/mol. The largest absolute Gasteiger partial charge is 0.350 e. The fourth-order valence-corrected chi connectivity index (χ4v) is 2.55. The number of thiazole rings is 1. The summed E-state index contributed by atoms with van der Waals surface area (Å²) in [6.45, 7) is 0.972. The van der Waals surface area contributed by atoms with Crippen molar-refractivity contribution >= 4 is 29.7 Å². The van der Waals surface area contributed by atoms with Gasteiger partial charge in [-0.25, -0.2) is 9.37 Å². The first-order chi connectivity index (χ1) is 9.69. The summed E-state index contributed by atoms with van der Waals surface area (Å²) < 4.78 is 13.0. The SMILES string of the molecule is Cl.NCCc1nc(C(=O)NCCc2cccc(F)c2)cs1. The molecule has 1 heterocycles. The van der Waals surface area contributed by atoms with E-state index in [1.807, 2.05) is 6.07 Å². The van der Waals surface area contributed by atoms with Gasteiger partial charge in [0.05, 0.1) is 5.01 Å². The Morgan fingerprint density at radius 2 is 2.19 bits per heavy atom. The number of hydrogen-bond acceptors (Lipinski definition) is 4. The molecule has 0 aliphatic carbocycles. The van der Waals surface area contributed by atoms with Crippen LogP contribution in [0.15, 0.2) is 29.6 Å². The maximum atomic E-state index is 13.0. The number of carbonyl (C=O) groups is 1. The van der Waals surface area contributed by atoms with Crippen LogP contribution in [0.2, 0.25) is 0 Å². The molecule has 7 heteroatoms. The molecule has 1 aromatic heterocycles. The first-order valence-electron chi connectivity index (χ1n) is 6.36. The number of aromatic nitrogens is 1. The molecule has 4 nitrogen and oxygen atoms in total. The van der Waals surface area contributed by atoms with Gasteiger partial charge in [0.2, 0.25) is 0 Å². The summed E-state index contributed by atoms with van der Waals surface area (Å²) in [4.78, 5) is 16.1. The second-order valence-electron chi connectivity index (χ2n) is 4.30. The van der Waals surface area contributed by atoms with E-state index in [1.54, 1.807) is 11.4 Å². The molecule has 0 saturated carbocycles. The average Bonchev–Trinajstić information content (AvgIpc) is 2.88. The van der Waals surface area contributed by atoms with Gasteiger partial charge in [-0.15, -0.1) is 23.7 Å². The van der Waals surface area contributed by atoms with E-state index in [4.69, 9.17) is 5.73 Å². The maximum absolute atomic E-state index is 13.0. The number of nitrogens with two attached hydrogens (primary N) is 1. The van der Waals surface area contributed by atoms with Crippen molar-refractivity contribution in [2.24, 2.45) is 5.73 Å². The molecule has 1 aromatic carbocycles. The molecule has 21 heavy (non-hydrogen) atoms. The second kappa shape index (κ2) is 8.71. The fourth-order valence-electron chi connectivity index (χ4n) is 1.76. The predicted molar refractivity (Wildman–Crippen MR) is 84.6 cm³/mol. The monoisotopic (exact) mass is 329 g/mol. The lowest BCUT2D eigenvalue weighted by molar-refractivity contribution is 0.0949. The smallest absolute Gasteiger partial charge is 0.270 e. The molecule has 0 aliphatic rings. The molecular formula is C14H17ClFN3OS. The minimum Gasteiger partial charge on any atom is -0.350 e. The maximum Gasteiger partial charge on any atom is 0.270 e. The van der Waals surface area contributed by atoms with Crippen molar-refractivity contribution in [3.05, 3.63) is 51.7 Å². The van der Waals surface area contributed by atoms with Crippen LogP contribution in [0, 0.1) is 5.82 Å². The highest BCUT2D eigenvalue weighted by Crippen LogP contribution is 2.10. The molecule has 2 rings (SSSR count). The van der Waals surface area contributed by atoms with Crippen molar-refractivity contribution in [3.8, 4) is 0 Å². The van der Waals surface area contributed by atoms with Gasteiger partial charge in [-0.2, -0.15) is 0 Å². The summed E-state index contributed by atoms with van der Waals surface area (Å²) in [5.41, 5.74) is 6.71. The van der Waals surface area contributed by atoms with Crippen molar-refractivity contribution in [2.75, 3.05) is 13.1 Å². The van der Waals surface area contributed by atoms with Crippen LogP contribution < -0.4 is 11.1 Å². The van der Waals surface area contributed by atoms with Crippen molar-refractivity contribution in [2.45, 2.75) is 12.8 Å². The molecule has 0 spiro atoms. The zero-order valence-corrected chi connectivity index (χ0v) is 13.0. The number of rotatable bonds is 6. The zero-order chi connectivity index (χ0) is 14.4. The predicted octanol–water partition coefficient (Wildman–Crippen LogP) is 2.18. The lowest BCUT2D eigenvalue weighted by Gasteiger charge is -2.03. The number of carbonyl (C=O) groups excluding carboxylic acids is 1. The first kappa shape index (κ1) is 17.6. The van der Waals surface area contributed by atoms with E-state index in [0.717, 1.165) is 10.6 Å². The molecule has 0 aliphatic heterocycles. The van der Waals surface area contributed by atoms with E-state index in [-0.39, 0.29) is 24.1 Å². The van der Waals surface area contributed by atoms with E-state index in [1.165, 1.54) is 23.5 Å². The summed E-state index contributed by atoms with van der Waals surface area (Å²) in [6.07, 6.45) is 1.27. The van der Waals surface area contributed by atoms with E-state index < -0.39 is 0 Å². The van der Waals surface area contributed by atoms with Crippen LogP contribution in [0.5, 0.6) is 0 Å². The molecule has 2 aromatic rings. The summed E-state index contributed by atoms with van der Waals surface area (Å²) in [5, 5.41) is 5.36. The Bertz CT molecular complexity index is 591. The van der Waals surface area contributed by atoms with E-state index in [0.29, 0.717) is 31.6 Å². The van der Waals surface area contributed by atoms with Crippen molar-refractivity contribution in [1.82, 2.24) is 10.3 Å². The molecule has 1 amide bonds. The Kier molecular flexibility index (Phi) is 7.28. The molecule has 0 bridgehead atoms. The molecule has 3 N–H and O–H groups in total. The first-order valence-corrected chi connectivity index (χ1v) is 7.24. The van der Waals surface area contributed by atoms with Gasteiger partial charge < -0.3 is 11.1 Å². The number of benzene rings is 1. The van der Waals surface area contributed by atoms with Crippen LogP contribution in [-0.2, 0) is 12.8 Å². The third-order valence-electron chi connectivity index (χ3n) is 2.73. The highest BCUT2D eigenvalue weighted by atomic mass is 35.5. The minimum atomic E-state index is -0.264. The topological polar surface area (TPSA) is 68.0 Å². The number of amides is 1. The number of nitrogens with zero attached hydrogens (tertiary/aromatic N) is 1. The number of hydrogen-bond donors (Lipinski definition) is 2. The van der Waals surface area contributed by atoms with Crippen LogP contribution >= 0.6 is 23.7 Å². The minimum absolute atomic E-state index is 0. The van der Waals surface area contributed by atoms with Gasteiger partial charge in [-0.05, 0) is 30.7 Å². The van der Waals surface area contributed by atoms with Gasteiger partial charge >= 0.3 is 0 Å². The number of halogens is 2. The third-order valence-corrected chi connectivity index (χ3v) is 3.64. The fraction of sp³-hybridized carbons (Fsp3) is 0.286. The van der Waals surface area contributed by atoms with Crippen LogP contribution in [0.3, 0.4) is 0 Å².